The van der Waals surface area contributed by atoms with Gasteiger partial charge in [-0.15, -0.1) is 0 Å². The molecule has 5 nitrogen and oxygen atoms in total. The minimum atomic E-state index is -0.261. The number of nitrogens with zero attached hydrogens (tertiary/aromatic N) is 2. The molecule has 122 valence electrons. The van der Waals surface area contributed by atoms with Gasteiger partial charge in [-0.05, 0) is 25.5 Å². The van der Waals surface area contributed by atoms with Crippen molar-refractivity contribution >= 4 is 11.9 Å². The van der Waals surface area contributed by atoms with Gasteiger partial charge in [0.05, 0.1) is 13.0 Å². The van der Waals surface area contributed by atoms with E-state index in [4.69, 9.17) is 4.74 Å². The molecule has 0 aliphatic rings. The molecular weight excluding hydrogens is 280 g/mol. The van der Waals surface area contributed by atoms with Crippen LogP contribution in [-0.4, -0.2) is 41.5 Å². The summed E-state index contributed by atoms with van der Waals surface area (Å²) in [7, 11) is 0. The van der Waals surface area contributed by atoms with Crippen LogP contribution in [0, 0.1) is 0 Å². The normalized spacial score (nSPS) is 10.3. The lowest BCUT2D eigenvalue weighted by Crippen LogP contribution is -2.34. The van der Waals surface area contributed by atoms with Crippen LogP contribution in [0.25, 0.3) is 0 Å². The van der Waals surface area contributed by atoms with Crippen molar-refractivity contribution in [3.8, 4) is 0 Å². The van der Waals surface area contributed by atoms with E-state index >= 15 is 0 Å². The van der Waals surface area contributed by atoms with Crippen LogP contribution in [0.4, 0.5) is 0 Å². The minimum Gasteiger partial charge on any atom is -0.466 e. The van der Waals surface area contributed by atoms with Crippen LogP contribution >= 0.6 is 0 Å². The number of carbonyl (C=O) groups excluding carboxylic acids is 2. The number of rotatable bonds is 10. The first-order chi connectivity index (χ1) is 10.7. The van der Waals surface area contributed by atoms with Crippen LogP contribution in [0.2, 0.25) is 0 Å². The van der Waals surface area contributed by atoms with Crippen molar-refractivity contribution < 1.29 is 14.3 Å². The van der Waals surface area contributed by atoms with Crippen LogP contribution in [-0.2, 0) is 9.53 Å². The number of pyridine rings is 1. The molecule has 0 aliphatic heterocycles. The van der Waals surface area contributed by atoms with E-state index in [0.717, 1.165) is 25.7 Å². The molecule has 0 atom stereocenters. The summed E-state index contributed by atoms with van der Waals surface area (Å²) in [6, 6.07) is 3.40. The number of hydrogen-bond donors (Lipinski definition) is 0. The zero-order valence-corrected chi connectivity index (χ0v) is 13.6. The number of amides is 1. The Balaban J connectivity index is 2.60. The van der Waals surface area contributed by atoms with E-state index in [-0.39, 0.29) is 18.3 Å². The molecule has 5 heteroatoms. The Kier molecular flexibility index (Phi) is 8.88. The van der Waals surface area contributed by atoms with Crippen molar-refractivity contribution in [1.29, 1.82) is 0 Å². The van der Waals surface area contributed by atoms with Crippen LogP contribution in [0.3, 0.4) is 0 Å². The van der Waals surface area contributed by atoms with E-state index in [1.165, 1.54) is 0 Å². The zero-order valence-electron chi connectivity index (χ0n) is 13.6. The topological polar surface area (TPSA) is 59.5 Å². The summed E-state index contributed by atoms with van der Waals surface area (Å²) >= 11 is 0. The van der Waals surface area contributed by atoms with Crippen LogP contribution in [0.1, 0.15) is 56.3 Å². The fraction of sp³-hybridized carbons (Fsp3) is 0.588. The molecule has 0 fully saturated rings. The molecule has 22 heavy (non-hydrogen) atoms. The van der Waals surface area contributed by atoms with E-state index < -0.39 is 0 Å². The molecule has 0 aromatic carbocycles. The maximum atomic E-state index is 12.5. The van der Waals surface area contributed by atoms with E-state index in [1.807, 2.05) is 0 Å². The van der Waals surface area contributed by atoms with E-state index in [1.54, 1.807) is 36.4 Å². The molecule has 0 aliphatic carbocycles. The molecule has 1 amide bonds. The summed E-state index contributed by atoms with van der Waals surface area (Å²) in [5.74, 6) is -0.313. The summed E-state index contributed by atoms with van der Waals surface area (Å²) in [5.41, 5.74) is 0.606. The second-order valence-electron chi connectivity index (χ2n) is 5.14. The van der Waals surface area contributed by atoms with Crippen molar-refractivity contribution in [3.05, 3.63) is 30.1 Å². The van der Waals surface area contributed by atoms with Crippen molar-refractivity contribution in [2.24, 2.45) is 0 Å². The van der Waals surface area contributed by atoms with Crippen LogP contribution in [0.15, 0.2) is 24.5 Å². The lowest BCUT2D eigenvalue weighted by Gasteiger charge is -2.22. The molecule has 1 aromatic heterocycles. The number of esters is 1. The van der Waals surface area contributed by atoms with Crippen molar-refractivity contribution in [3.63, 3.8) is 0 Å². The van der Waals surface area contributed by atoms with Crippen molar-refractivity contribution in [1.82, 2.24) is 9.88 Å². The van der Waals surface area contributed by atoms with E-state index in [0.29, 0.717) is 25.3 Å². The predicted octanol–water partition coefficient (Wildman–Crippen LogP) is 3.06. The first-order valence-electron chi connectivity index (χ1n) is 8.04. The van der Waals surface area contributed by atoms with Gasteiger partial charge < -0.3 is 9.64 Å². The smallest absolute Gasteiger partial charge is 0.307 e. The number of carbonyl (C=O) groups is 2. The van der Waals surface area contributed by atoms with Crippen LogP contribution in [0.5, 0.6) is 0 Å². The monoisotopic (exact) mass is 306 g/mol. The largest absolute Gasteiger partial charge is 0.466 e. The average Bonchev–Trinajstić information content (AvgIpc) is 2.54. The third-order valence-electron chi connectivity index (χ3n) is 3.39. The SMILES string of the molecule is CCCCCCN(CCC(=O)OCC)C(=O)c1ccncc1. The van der Waals surface area contributed by atoms with Crippen molar-refractivity contribution in [2.45, 2.75) is 46.0 Å². The molecule has 0 radical (unpaired) electrons. The highest BCUT2D eigenvalue weighted by Crippen LogP contribution is 2.08. The first-order valence-corrected chi connectivity index (χ1v) is 8.04. The van der Waals surface area contributed by atoms with Gasteiger partial charge in [0.15, 0.2) is 0 Å². The van der Waals surface area contributed by atoms with Gasteiger partial charge in [0.1, 0.15) is 0 Å². The van der Waals surface area contributed by atoms with Gasteiger partial charge in [-0.2, -0.15) is 0 Å². The number of aromatic nitrogens is 1. The molecule has 1 heterocycles. The highest BCUT2D eigenvalue weighted by Gasteiger charge is 2.16. The Bertz CT molecular complexity index is 448. The predicted molar refractivity (Wildman–Crippen MR) is 85.5 cm³/mol. The number of ether oxygens (including phenoxy) is 1. The Hall–Kier alpha value is -1.91. The van der Waals surface area contributed by atoms with Gasteiger partial charge in [0.25, 0.3) is 5.91 Å². The second-order valence-corrected chi connectivity index (χ2v) is 5.14. The van der Waals surface area contributed by atoms with Gasteiger partial charge >= 0.3 is 5.97 Å². The molecule has 0 spiro atoms. The maximum absolute atomic E-state index is 12.5. The molecule has 0 bridgehead atoms. The van der Waals surface area contributed by atoms with Crippen LogP contribution < -0.4 is 0 Å². The molecule has 1 aromatic rings. The van der Waals surface area contributed by atoms with E-state index in [9.17, 15) is 9.59 Å². The fourth-order valence-electron chi connectivity index (χ4n) is 2.18. The second kappa shape index (κ2) is 10.8. The van der Waals surface area contributed by atoms with E-state index in [2.05, 4.69) is 11.9 Å². The van der Waals surface area contributed by atoms with Gasteiger partial charge in [0, 0.05) is 31.0 Å². The lowest BCUT2D eigenvalue weighted by molar-refractivity contribution is -0.143. The minimum absolute atomic E-state index is 0.0526. The number of hydrogen-bond acceptors (Lipinski definition) is 4. The van der Waals surface area contributed by atoms with Gasteiger partial charge in [0.2, 0.25) is 0 Å². The van der Waals surface area contributed by atoms with Gasteiger partial charge in [-0.25, -0.2) is 0 Å². The molecule has 1 rings (SSSR count). The first kappa shape index (κ1) is 18.1. The highest BCUT2D eigenvalue weighted by atomic mass is 16.5. The summed E-state index contributed by atoms with van der Waals surface area (Å²) in [4.78, 5) is 29.7. The number of unbranched alkanes of at least 4 members (excludes halogenated alkanes) is 3. The summed E-state index contributed by atoms with van der Waals surface area (Å²) < 4.78 is 4.93. The lowest BCUT2D eigenvalue weighted by atomic mass is 10.1. The molecule has 0 N–H and O–H groups in total. The third-order valence-corrected chi connectivity index (χ3v) is 3.39. The Labute approximate surface area is 132 Å². The van der Waals surface area contributed by atoms with Gasteiger partial charge in [-0.1, -0.05) is 26.2 Å². The molecular formula is C17H26N2O3. The standard InChI is InChI=1S/C17H26N2O3/c1-3-5-6-7-13-19(14-10-16(20)22-4-2)17(21)15-8-11-18-12-9-15/h8-9,11-12H,3-7,10,13-14H2,1-2H3. The third kappa shape index (κ3) is 6.70. The summed E-state index contributed by atoms with van der Waals surface area (Å²) in [6.07, 6.45) is 7.81. The van der Waals surface area contributed by atoms with Crippen molar-refractivity contribution in [2.75, 3.05) is 19.7 Å². The molecule has 0 saturated heterocycles. The van der Waals surface area contributed by atoms with Gasteiger partial charge in [-0.3, -0.25) is 14.6 Å². The zero-order chi connectivity index (χ0) is 16.2. The molecule has 0 saturated carbocycles. The quantitative estimate of drug-likeness (QED) is 0.492. The summed E-state index contributed by atoms with van der Waals surface area (Å²) in [5, 5.41) is 0. The Morgan fingerprint density at radius 3 is 2.45 bits per heavy atom. The Morgan fingerprint density at radius 2 is 1.82 bits per heavy atom. The summed E-state index contributed by atoms with van der Waals surface area (Å²) in [6.45, 7) is 5.36. The molecule has 0 unspecified atom stereocenters. The maximum Gasteiger partial charge on any atom is 0.307 e. The fourth-order valence-corrected chi connectivity index (χ4v) is 2.18. The highest BCUT2D eigenvalue weighted by molar-refractivity contribution is 5.94. The Morgan fingerprint density at radius 1 is 1.09 bits per heavy atom. The average molecular weight is 306 g/mol.